The molecule has 0 bridgehead atoms. The average molecular weight is 438 g/mol. The smallest absolute Gasteiger partial charge is 0.234 e. The van der Waals surface area contributed by atoms with E-state index in [0.29, 0.717) is 17.5 Å². The molecule has 3 rings (SSSR count). The summed E-state index contributed by atoms with van der Waals surface area (Å²) in [6.45, 7) is 8.54. The number of carbonyl (C=O) groups is 2. The quantitative estimate of drug-likeness (QED) is 0.517. The topological polar surface area (TPSA) is 88.9 Å². The molecular weight excluding hydrogens is 410 g/mol. The number of anilines is 2. The highest BCUT2D eigenvalue weighted by molar-refractivity contribution is 7.99. The van der Waals surface area contributed by atoms with Crippen molar-refractivity contribution in [3.63, 3.8) is 0 Å². The van der Waals surface area contributed by atoms with E-state index in [1.165, 1.54) is 11.8 Å². The fourth-order valence-corrected chi connectivity index (χ4v) is 4.04. The Balaban J connectivity index is 1.59. The van der Waals surface area contributed by atoms with Gasteiger partial charge in [0.1, 0.15) is 5.82 Å². The van der Waals surface area contributed by atoms with Gasteiger partial charge in [-0.25, -0.2) is 0 Å². The third kappa shape index (κ3) is 6.18. The standard InChI is InChI=1S/C23H27N5O2S/c1-5-28-20(13-21(29)25-19-10-9-16(3)11-17(19)4)26-27-23(28)31-14-22(30)24-18-8-6-7-15(2)12-18/h6-12H,5,13-14H2,1-4H3,(H,24,30)(H,25,29). The first kappa shape index (κ1) is 22.6. The second-order valence-corrected chi connectivity index (χ2v) is 8.34. The number of hydrogen-bond acceptors (Lipinski definition) is 5. The first-order valence-electron chi connectivity index (χ1n) is 10.1. The van der Waals surface area contributed by atoms with E-state index < -0.39 is 0 Å². The van der Waals surface area contributed by atoms with Crippen molar-refractivity contribution < 1.29 is 9.59 Å². The van der Waals surface area contributed by atoms with E-state index in [2.05, 4.69) is 20.8 Å². The Morgan fingerprint density at radius 2 is 1.74 bits per heavy atom. The Morgan fingerprint density at radius 1 is 0.968 bits per heavy atom. The summed E-state index contributed by atoms with van der Waals surface area (Å²) in [6.07, 6.45) is 0.115. The molecule has 3 aromatic rings. The molecule has 0 radical (unpaired) electrons. The maximum absolute atomic E-state index is 12.5. The van der Waals surface area contributed by atoms with Gasteiger partial charge in [0, 0.05) is 17.9 Å². The Morgan fingerprint density at radius 3 is 2.45 bits per heavy atom. The van der Waals surface area contributed by atoms with Gasteiger partial charge >= 0.3 is 0 Å². The molecule has 1 aromatic heterocycles. The van der Waals surface area contributed by atoms with Crippen LogP contribution in [0, 0.1) is 20.8 Å². The summed E-state index contributed by atoms with van der Waals surface area (Å²) in [4.78, 5) is 24.8. The summed E-state index contributed by atoms with van der Waals surface area (Å²) in [5.74, 6) is 0.519. The zero-order valence-electron chi connectivity index (χ0n) is 18.2. The monoisotopic (exact) mass is 437 g/mol. The molecule has 0 fully saturated rings. The van der Waals surface area contributed by atoms with E-state index in [1.54, 1.807) is 0 Å². The summed E-state index contributed by atoms with van der Waals surface area (Å²) >= 11 is 1.30. The highest BCUT2D eigenvalue weighted by atomic mass is 32.2. The van der Waals surface area contributed by atoms with E-state index in [4.69, 9.17) is 0 Å². The molecule has 8 heteroatoms. The zero-order chi connectivity index (χ0) is 22.4. The second kappa shape index (κ2) is 10.3. The number of rotatable bonds is 8. The Bertz CT molecular complexity index is 1090. The van der Waals surface area contributed by atoms with Crippen LogP contribution >= 0.6 is 11.8 Å². The number of amides is 2. The lowest BCUT2D eigenvalue weighted by Gasteiger charge is -2.10. The van der Waals surface area contributed by atoms with Gasteiger partial charge in [-0.3, -0.25) is 9.59 Å². The normalized spacial score (nSPS) is 10.7. The highest BCUT2D eigenvalue weighted by Crippen LogP contribution is 2.20. The molecule has 0 aliphatic rings. The fourth-order valence-electron chi connectivity index (χ4n) is 3.22. The van der Waals surface area contributed by atoms with Gasteiger partial charge in [0.15, 0.2) is 5.16 Å². The van der Waals surface area contributed by atoms with Gasteiger partial charge in [-0.15, -0.1) is 10.2 Å². The third-order valence-corrected chi connectivity index (χ3v) is 5.69. The fraction of sp³-hybridized carbons (Fsp3) is 0.304. The van der Waals surface area contributed by atoms with Crippen LogP contribution in [0.3, 0.4) is 0 Å². The van der Waals surface area contributed by atoms with Gasteiger partial charge < -0.3 is 15.2 Å². The molecule has 0 spiro atoms. The molecule has 162 valence electrons. The van der Waals surface area contributed by atoms with E-state index in [0.717, 1.165) is 28.1 Å². The van der Waals surface area contributed by atoms with Crippen molar-refractivity contribution in [1.29, 1.82) is 0 Å². The van der Waals surface area contributed by atoms with Crippen molar-refractivity contribution in [1.82, 2.24) is 14.8 Å². The maximum atomic E-state index is 12.5. The summed E-state index contributed by atoms with van der Waals surface area (Å²) < 4.78 is 1.87. The molecule has 0 unspecified atom stereocenters. The average Bonchev–Trinajstić information content (AvgIpc) is 3.10. The number of aryl methyl sites for hydroxylation is 3. The van der Waals surface area contributed by atoms with E-state index >= 15 is 0 Å². The number of nitrogens with one attached hydrogen (secondary N) is 2. The lowest BCUT2D eigenvalue weighted by molar-refractivity contribution is -0.116. The summed E-state index contributed by atoms with van der Waals surface area (Å²) in [6, 6.07) is 13.6. The first-order valence-corrected chi connectivity index (χ1v) is 11.1. The third-order valence-electron chi connectivity index (χ3n) is 4.72. The number of benzene rings is 2. The summed E-state index contributed by atoms with van der Waals surface area (Å²) in [7, 11) is 0. The minimum Gasteiger partial charge on any atom is -0.325 e. The minimum absolute atomic E-state index is 0.115. The van der Waals surface area contributed by atoms with Crippen LogP contribution in [0.2, 0.25) is 0 Å². The van der Waals surface area contributed by atoms with Crippen LogP contribution in [0.4, 0.5) is 11.4 Å². The van der Waals surface area contributed by atoms with Crippen LogP contribution in [0.25, 0.3) is 0 Å². The van der Waals surface area contributed by atoms with Crippen LogP contribution in [0.5, 0.6) is 0 Å². The Hall–Kier alpha value is -3.13. The van der Waals surface area contributed by atoms with Crippen LogP contribution in [0.1, 0.15) is 29.4 Å². The first-order chi connectivity index (χ1) is 14.9. The minimum atomic E-state index is -0.150. The predicted octanol–water partition coefficient (Wildman–Crippen LogP) is 4.14. The van der Waals surface area contributed by atoms with Gasteiger partial charge in [-0.05, 0) is 57.0 Å². The summed E-state index contributed by atoms with van der Waals surface area (Å²) in [5, 5.41) is 14.8. The van der Waals surface area contributed by atoms with Gasteiger partial charge in [0.2, 0.25) is 11.8 Å². The Kier molecular flexibility index (Phi) is 7.46. The molecule has 2 amide bonds. The van der Waals surface area contributed by atoms with Crippen LogP contribution in [0.15, 0.2) is 47.6 Å². The van der Waals surface area contributed by atoms with Crippen molar-refractivity contribution in [3.8, 4) is 0 Å². The number of aromatic nitrogens is 3. The number of carbonyl (C=O) groups excluding carboxylic acids is 2. The molecule has 2 N–H and O–H groups in total. The Labute approximate surface area is 186 Å². The van der Waals surface area contributed by atoms with Gasteiger partial charge in [-0.1, -0.05) is 41.6 Å². The highest BCUT2D eigenvalue weighted by Gasteiger charge is 2.16. The van der Waals surface area contributed by atoms with Gasteiger partial charge in [-0.2, -0.15) is 0 Å². The molecule has 31 heavy (non-hydrogen) atoms. The van der Waals surface area contributed by atoms with Crippen molar-refractivity contribution in [2.75, 3.05) is 16.4 Å². The molecule has 0 saturated heterocycles. The van der Waals surface area contributed by atoms with Crippen molar-refractivity contribution in [3.05, 3.63) is 65.0 Å². The molecule has 0 aliphatic carbocycles. The predicted molar refractivity (Wildman–Crippen MR) is 124 cm³/mol. The number of nitrogens with zero attached hydrogens (tertiary/aromatic N) is 3. The summed E-state index contributed by atoms with van der Waals surface area (Å²) in [5.41, 5.74) is 4.81. The molecule has 1 heterocycles. The van der Waals surface area contributed by atoms with Crippen LogP contribution < -0.4 is 10.6 Å². The molecular formula is C23H27N5O2S. The number of thioether (sulfide) groups is 1. The van der Waals surface area contributed by atoms with Crippen molar-refractivity contribution in [2.24, 2.45) is 0 Å². The SMILES string of the molecule is CCn1c(CC(=O)Nc2ccc(C)cc2C)nnc1SCC(=O)Nc1cccc(C)c1. The zero-order valence-corrected chi connectivity index (χ0v) is 19.0. The van der Waals surface area contributed by atoms with Gasteiger partial charge in [0.25, 0.3) is 0 Å². The lowest BCUT2D eigenvalue weighted by atomic mass is 10.1. The number of hydrogen-bond donors (Lipinski definition) is 2. The van der Waals surface area contributed by atoms with Crippen LogP contribution in [-0.2, 0) is 22.6 Å². The second-order valence-electron chi connectivity index (χ2n) is 7.39. The molecule has 0 aliphatic heterocycles. The maximum Gasteiger partial charge on any atom is 0.234 e. The van der Waals surface area contributed by atoms with Crippen molar-refractivity contribution in [2.45, 2.75) is 45.8 Å². The van der Waals surface area contributed by atoms with E-state index in [-0.39, 0.29) is 24.0 Å². The van der Waals surface area contributed by atoms with E-state index in [1.807, 2.05) is 74.7 Å². The van der Waals surface area contributed by atoms with Gasteiger partial charge in [0.05, 0.1) is 12.2 Å². The van der Waals surface area contributed by atoms with Crippen LogP contribution in [-0.4, -0.2) is 32.3 Å². The molecule has 0 saturated carbocycles. The largest absolute Gasteiger partial charge is 0.325 e. The molecule has 7 nitrogen and oxygen atoms in total. The van der Waals surface area contributed by atoms with Crippen molar-refractivity contribution >= 4 is 35.0 Å². The molecule has 0 atom stereocenters. The lowest BCUT2D eigenvalue weighted by Crippen LogP contribution is -2.18. The van der Waals surface area contributed by atoms with E-state index in [9.17, 15) is 9.59 Å². The molecule has 2 aromatic carbocycles.